The number of carbonyl (C=O) groups excluding carboxylic acids is 1. The van der Waals surface area contributed by atoms with E-state index in [9.17, 15) is 18.4 Å². The molecule has 6 aromatic rings. The lowest BCUT2D eigenvalue weighted by Crippen LogP contribution is -2.38. The van der Waals surface area contributed by atoms with Gasteiger partial charge in [-0.15, -0.1) is 5.10 Å². The predicted octanol–water partition coefficient (Wildman–Crippen LogP) is 5.99. The number of amides is 1. The number of nitrogens with zero attached hydrogens (tertiary/aromatic N) is 6. The number of likely N-dealkylation sites (tertiary alicyclic amines) is 1. The van der Waals surface area contributed by atoms with Crippen LogP contribution in [0.5, 0.6) is 0 Å². The van der Waals surface area contributed by atoms with Gasteiger partial charge in [-0.05, 0) is 57.2 Å². The van der Waals surface area contributed by atoms with Crippen molar-refractivity contribution >= 4 is 38.3 Å². The average molecular weight is 701 g/mol. The minimum atomic E-state index is -0.900. The largest absolute Gasteiger partial charge is 0.396 e. The van der Waals surface area contributed by atoms with E-state index in [0.717, 1.165) is 28.1 Å². The SMILES string of the molecule is Nc1c(-c2cn(Cc3cc(C4CCN(C(=O)c5ccc(=O)n(Cc6cccc7ccccc67)c5)CC4)no3)nn2)cc(F)c(Br)c1F. The number of rotatable bonds is 7. The molecule has 10 nitrogen and oxygen atoms in total. The maximum atomic E-state index is 14.2. The molecule has 7 rings (SSSR count). The molecule has 4 heterocycles. The van der Waals surface area contributed by atoms with E-state index in [1.807, 2.05) is 48.5 Å². The summed E-state index contributed by atoms with van der Waals surface area (Å²) in [4.78, 5) is 28.0. The molecule has 2 N–H and O–H groups in total. The third-order valence-electron chi connectivity index (χ3n) is 8.56. The van der Waals surface area contributed by atoms with Crippen molar-refractivity contribution in [1.29, 1.82) is 0 Å². The lowest BCUT2D eigenvalue weighted by molar-refractivity contribution is 0.0710. The van der Waals surface area contributed by atoms with Crippen LogP contribution in [0.4, 0.5) is 14.5 Å². The molecule has 0 aliphatic carbocycles. The zero-order chi connectivity index (χ0) is 32.7. The van der Waals surface area contributed by atoms with Crippen molar-refractivity contribution in [3.05, 3.63) is 128 Å². The first-order valence-electron chi connectivity index (χ1n) is 15.0. The lowest BCUT2D eigenvalue weighted by atomic mass is 9.93. The molecular formula is C34H28BrF2N7O3. The first kappa shape index (κ1) is 30.5. The quantitative estimate of drug-likeness (QED) is 0.160. The summed E-state index contributed by atoms with van der Waals surface area (Å²) in [5.41, 5.74) is 7.99. The van der Waals surface area contributed by atoms with Gasteiger partial charge in [0, 0.05) is 42.9 Å². The fourth-order valence-electron chi connectivity index (χ4n) is 6.03. The Labute approximate surface area is 275 Å². The van der Waals surface area contributed by atoms with Crippen molar-refractivity contribution in [2.24, 2.45) is 0 Å². The summed E-state index contributed by atoms with van der Waals surface area (Å²) in [5, 5.41) is 14.5. The number of pyridine rings is 1. The minimum Gasteiger partial charge on any atom is -0.396 e. The Hall–Kier alpha value is -5.17. The number of piperidine rings is 1. The van der Waals surface area contributed by atoms with Crippen LogP contribution in [-0.2, 0) is 13.1 Å². The molecule has 1 aliphatic rings. The van der Waals surface area contributed by atoms with Gasteiger partial charge in [0.1, 0.15) is 18.1 Å². The van der Waals surface area contributed by atoms with Crippen molar-refractivity contribution in [3.8, 4) is 11.3 Å². The second kappa shape index (κ2) is 12.6. The molecule has 1 amide bonds. The molecule has 0 radical (unpaired) electrons. The normalized spacial score (nSPS) is 13.8. The molecule has 0 bridgehead atoms. The van der Waals surface area contributed by atoms with Gasteiger partial charge in [-0.25, -0.2) is 13.5 Å². The summed E-state index contributed by atoms with van der Waals surface area (Å²) in [6.07, 6.45) is 4.56. The summed E-state index contributed by atoms with van der Waals surface area (Å²) >= 11 is 2.84. The van der Waals surface area contributed by atoms with Crippen LogP contribution in [0.25, 0.3) is 22.0 Å². The highest BCUT2D eigenvalue weighted by molar-refractivity contribution is 9.10. The van der Waals surface area contributed by atoms with Gasteiger partial charge in [0.15, 0.2) is 11.6 Å². The number of nitrogen functional groups attached to an aromatic ring is 1. The summed E-state index contributed by atoms with van der Waals surface area (Å²) in [6.45, 7) is 1.63. The van der Waals surface area contributed by atoms with Gasteiger partial charge >= 0.3 is 0 Å². The zero-order valence-corrected chi connectivity index (χ0v) is 26.5. The van der Waals surface area contributed by atoms with E-state index in [1.165, 1.54) is 16.9 Å². The van der Waals surface area contributed by atoms with E-state index in [0.29, 0.717) is 43.8 Å². The first-order valence-corrected chi connectivity index (χ1v) is 15.8. The molecule has 0 atom stereocenters. The molecule has 1 fully saturated rings. The molecule has 1 aliphatic heterocycles. The highest BCUT2D eigenvalue weighted by Gasteiger charge is 2.27. The predicted molar refractivity (Wildman–Crippen MR) is 175 cm³/mol. The Morgan fingerprint density at radius 2 is 1.79 bits per heavy atom. The van der Waals surface area contributed by atoms with Crippen molar-refractivity contribution in [2.45, 2.75) is 31.8 Å². The molecular weight excluding hydrogens is 672 g/mol. The van der Waals surface area contributed by atoms with Crippen LogP contribution in [0.15, 0.2) is 92.9 Å². The van der Waals surface area contributed by atoms with Gasteiger partial charge < -0.3 is 19.7 Å². The molecule has 238 valence electrons. The third-order valence-corrected chi connectivity index (χ3v) is 9.29. The average Bonchev–Trinajstić information content (AvgIpc) is 3.76. The minimum absolute atomic E-state index is 0.0942. The Balaban J connectivity index is 0.985. The smallest absolute Gasteiger partial charge is 0.255 e. The molecule has 3 aromatic carbocycles. The van der Waals surface area contributed by atoms with Crippen LogP contribution in [-0.4, -0.2) is 48.6 Å². The van der Waals surface area contributed by atoms with Crippen LogP contribution in [0.1, 0.15) is 46.1 Å². The highest BCUT2D eigenvalue weighted by Crippen LogP contribution is 2.33. The van der Waals surface area contributed by atoms with Crippen molar-refractivity contribution in [2.75, 3.05) is 18.8 Å². The van der Waals surface area contributed by atoms with Crippen LogP contribution >= 0.6 is 15.9 Å². The second-order valence-corrected chi connectivity index (χ2v) is 12.3. The van der Waals surface area contributed by atoms with E-state index < -0.39 is 11.6 Å². The van der Waals surface area contributed by atoms with E-state index >= 15 is 0 Å². The summed E-state index contributed by atoms with van der Waals surface area (Å²) in [7, 11) is 0. The Morgan fingerprint density at radius 1 is 1.00 bits per heavy atom. The number of hydrogen-bond acceptors (Lipinski definition) is 7. The summed E-state index contributed by atoms with van der Waals surface area (Å²) in [6, 6.07) is 20.0. The number of nitrogens with two attached hydrogens (primary N) is 1. The van der Waals surface area contributed by atoms with Gasteiger partial charge in [-0.2, -0.15) is 0 Å². The second-order valence-electron chi connectivity index (χ2n) is 11.6. The first-order chi connectivity index (χ1) is 22.7. The fraction of sp³-hybridized carbons (Fsp3) is 0.206. The van der Waals surface area contributed by atoms with Gasteiger partial charge in [-0.3, -0.25) is 9.59 Å². The van der Waals surface area contributed by atoms with Crippen LogP contribution in [0.3, 0.4) is 0 Å². The standard InChI is InChI=1S/C34H28BrF2N7O3/c35-31-27(36)15-26(33(38)32(31)37)29-19-44(41-39-29)18-24-14-28(40-47-24)21-10-12-42(13-11-21)34(46)23-8-9-30(45)43(17-23)16-22-6-3-5-20-4-1-2-7-25(20)22/h1-9,14-15,17,19,21H,10-13,16,18,38H2. The van der Waals surface area contributed by atoms with Crippen molar-refractivity contribution in [3.63, 3.8) is 0 Å². The highest BCUT2D eigenvalue weighted by atomic mass is 79.9. The summed E-state index contributed by atoms with van der Waals surface area (Å²) < 4.78 is 36.6. The number of carbonyl (C=O) groups is 1. The maximum Gasteiger partial charge on any atom is 0.255 e. The molecule has 13 heteroatoms. The van der Waals surface area contributed by atoms with Gasteiger partial charge in [-0.1, -0.05) is 52.8 Å². The van der Waals surface area contributed by atoms with Gasteiger partial charge in [0.05, 0.1) is 34.2 Å². The Morgan fingerprint density at radius 3 is 2.62 bits per heavy atom. The van der Waals surface area contributed by atoms with Gasteiger partial charge in [0.2, 0.25) is 0 Å². The van der Waals surface area contributed by atoms with E-state index in [4.69, 9.17) is 10.3 Å². The number of anilines is 1. The Bertz CT molecular complexity index is 2180. The van der Waals surface area contributed by atoms with Crippen LogP contribution < -0.4 is 11.3 Å². The molecule has 1 saturated heterocycles. The molecule has 3 aromatic heterocycles. The molecule has 0 spiro atoms. The molecule has 47 heavy (non-hydrogen) atoms. The number of halogens is 3. The molecule has 0 unspecified atom stereocenters. The van der Waals surface area contributed by atoms with Crippen molar-refractivity contribution in [1.82, 2.24) is 29.6 Å². The van der Waals surface area contributed by atoms with E-state index in [2.05, 4.69) is 31.4 Å². The Kier molecular flexibility index (Phi) is 8.14. The van der Waals surface area contributed by atoms with Crippen LogP contribution in [0.2, 0.25) is 0 Å². The van der Waals surface area contributed by atoms with Gasteiger partial charge in [0.25, 0.3) is 11.5 Å². The van der Waals surface area contributed by atoms with Crippen LogP contribution in [0, 0.1) is 11.6 Å². The van der Waals surface area contributed by atoms with E-state index in [-0.39, 0.29) is 45.3 Å². The van der Waals surface area contributed by atoms with E-state index in [1.54, 1.807) is 21.7 Å². The molecule has 0 saturated carbocycles. The third kappa shape index (κ3) is 6.06. The zero-order valence-electron chi connectivity index (χ0n) is 24.9. The fourth-order valence-corrected chi connectivity index (χ4v) is 6.36. The van der Waals surface area contributed by atoms with Crippen molar-refractivity contribution < 1.29 is 18.1 Å². The number of benzene rings is 3. The number of fused-ring (bicyclic) bond motifs is 1. The number of hydrogen-bond donors (Lipinski definition) is 1. The topological polar surface area (TPSA) is 125 Å². The number of aromatic nitrogens is 5. The monoisotopic (exact) mass is 699 g/mol. The lowest BCUT2D eigenvalue weighted by Gasteiger charge is -2.31. The maximum absolute atomic E-state index is 14.2. The summed E-state index contributed by atoms with van der Waals surface area (Å²) in [5.74, 6) is -1.19.